The van der Waals surface area contributed by atoms with Crippen molar-refractivity contribution in [2.75, 3.05) is 0 Å². The van der Waals surface area contributed by atoms with Crippen LogP contribution in [0.4, 0.5) is 0 Å². The van der Waals surface area contributed by atoms with Gasteiger partial charge in [0.05, 0.1) is 17.4 Å². The summed E-state index contributed by atoms with van der Waals surface area (Å²) in [5, 5.41) is 5.73. The number of amides is 1. The number of carbonyl (C=O) groups excluding carboxylic acids is 1. The van der Waals surface area contributed by atoms with Gasteiger partial charge < -0.3 is 4.42 Å². The number of rotatable bonds is 4. The Bertz CT molecular complexity index is 554. The van der Waals surface area contributed by atoms with Crippen LogP contribution in [-0.2, 0) is 0 Å². The van der Waals surface area contributed by atoms with Crippen LogP contribution < -0.4 is 5.43 Å². The summed E-state index contributed by atoms with van der Waals surface area (Å²) in [5.41, 5.74) is 3.35. The SMILES string of the molecule is CC(/C=N/NC(=O)c1cccs1)=C\c1ccco1. The summed E-state index contributed by atoms with van der Waals surface area (Å²) in [6, 6.07) is 7.24. The number of carbonyl (C=O) groups is 1. The Morgan fingerprint density at radius 1 is 1.44 bits per heavy atom. The monoisotopic (exact) mass is 260 g/mol. The van der Waals surface area contributed by atoms with Crippen molar-refractivity contribution >= 4 is 29.5 Å². The third kappa shape index (κ3) is 3.43. The first-order valence-corrected chi connectivity index (χ1v) is 6.22. The largest absolute Gasteiger partial charge is 0.465 e. The fourth-order valence-electron chi connectivity index (χ4n) is 1.29. The number of thiophene rings is 1. The number of hydrogen-bond donors (Lipinski definition) is 1. The lowest BCUT2D eigenvalue weighted by molar-refractivity contribution is 0.0959. The zero-order valence-corrected chi connectivity index (χ0v) is 10.6. The van der Waals surface area contributed by atoms with Crippen LogP contribution in [0.5, 0.6) is 0 Å². The van der Waals surface area contributed by atoms with Crippen molar-refractivity contribution < 1.29 is 9.21 Å². The summed E-state index contributed by atoms with van der Waals surface area (Å²) >= 11 is 1.38. The van der Waals surface area contributed by atoms with Gasteiger partial charge in [-0.1, -0.05) is 6.07 Å². The third-order valence-corrected chi connectivity index (χ3v) is 2.96. The molecule has 0 spiro atoms. The Morgan fingerprint density at radius 3 is 3.00 bits per heavy atom. The summed E-state index contributed by atoms with van der Waals surface area (Å²) < 4.78 is 5.17. The van der Waals surface area contributed by atoms with Gasteiger partial charge in [-0.2, -0.15) is 5.10 Å². The average molecular weight is 260 g/mol. The van der Waals surface area contributed by atoms with Gasteiger partial charge >= 0.3 is 0 Å². The molecule has 0 radical (unpaired) electrons. The van der Waals surface area contributed by atoms with Crippen LogP contribution in [0.1, 0.15) is 22.4 Å². The molecule has 0 aliphatic carbocycles. The Labute approximate surface area is 109 Å². The highest BCUT2D eigenvalue weighted by Gasteiger charge is 2.03. The van der Waals surface area contributed by atoms with Gasteiger partial charge in [-0.15, -0.1) is 11.3 Å². The van der Waals surface area contributed by atoms with E-state index in [1.54, 1.807) is 18.5 Å². The summed E-state index contributed by atoms with van der Waals surface area (Å²) in [6.45, 7) is 1.88. The summed E-state index contributed by atoms with van der Waals surface area (Å²) in [5.74, 6) is 0.551. The van der Waals surface area contributed by atoms with Crippen LogP contribution in [0.25, 0.3) is 6.08 Å². The maximum atomic E-state index is 11.6. The zero-order chi connectivity index (χ0) is 12.8. The minimum atomic E-state index is -0.202. The Hall–Kier alpha value is -2.14. The lowest BCUT2D eigenvalue weighted by atomic mass is 10.3. The molecular weight excluding hydrogens is 248 g/mol. The highest BCUT2D eigenvalue weighted by molar-refractivity contribution is 7.12. The molecule has 0 fully saturated rings. The Morgan fingerprint density at radius 2 is 2.33 bits per heavy atom. The summed E-state index contributed by atoms with van der Waals surface area (Å²) in [7, 11) is 0. The van der Waals surface area contributed by atoms with E-state index in [4.69, 9.17) is 4.42 Å². The van der Waals surface area contributed by atoms with E-state index in [0.717, 1.165) is 11.3 Å². The van der Waals surface area contributed by atoms with Crippen molar-refractivity contribution in [1.29, 1.82) is 0 Å². The predicted molar refractivity (Wildman–Crippen MR) is 72.6 cm³/mol. The number of hydrogen-bond acceptors (Lipinski definition) is 4. The highest BCUT2D eigenvalue weighted by Crippen LogP contribution is 2.08. The van der Waals surface area contributed by atoms with Gasteiger partial charge in [-0.3, -0.25) is 4.79 Å². The first-order chi connectivity index (χ1) is 8.75. The van der Waals surface area contributed by atoms with E-state index in [9.17, 15) is 4.79 Å². The molecule has 0 saturated heterocycles. The summed E-state index contributed by atoms with van der Waals surface area (Å²) in [4.78, 5) is 12.2. The maximum absolute atomic E-state index is 11.6. The van der Waals surface area contributed by atoms with E-state index in [1.165, 1.54) is 11.3 Å². The lowest BCUT2D eigenvalue weighted by Crippen LogP contribution is -2.15. The standard InChI is InChI=1S/C13H12N2O2S/c1-10(8-11-4-2-6-17-11)9-14-15-13(16)12-5-3-7-18-12/h2-9H,1H3,(H,15,16)/b10-8+,14-9+. The molecule has 0 atom stereocenters. The van der Waals surface area contributed by atoms with Crippen molar-refractivity contribution in [3.63, 3.8) is 0 Å². The van der Waals surface area contributed by atoms with Crippen molar-refractivity contribution in [1.82, 2.24) is 5.43 Å². The quantitative estimate of drug-likeness (QED) is 0.678. The van der Waals surface area contributed by atoms with E-state index in [-0.39, 0.29) is 5.91 Å². The zero-order valence-electron chi connectivity index (χ0n) is 9.79. The summed E-state index contributed by atoms with van der Waals surface area (Å²) in [6.07, 6.45) is 5.02. The third-order valence-electron chi connectivity index (χ3n) is 2.09. The Kier molecular flexibility index (Phi) is 4.09. The predicted octanol–water partition coefficient (Wildman–Crippen LogP) is 3.16. The topological polar surface area (TPSA) is 54.6 Å². The molecule has 18 heavy (non-hydrogen) atoms. The first-order valence-electron chi connectivity index (χ1n) is 5.34. The number of nitrogens with one attached hydrogen (secondary N) is 1. The van der Waals surface area contributed by atoms with Crippen molar-refractivity contribution in [3.8, 4) is 0 Å². The molecule has 0 aromatic carbocycles. The molecule has 0 unspecified atom stereocenters. The van der Waals surface area contributed by atoms with E-state index < -0.39 is 0 Å². The van der Waals surface area contributed by atoms with Gasteiger partial charge in [-0.25, -0.2) is 5.43 Å². The molecule has 2 aromatic heterocycles. The van der Waals surface area contributed by atoms with Gasteiger partial charge in [0.1, 0.15) is 5.76 Å². The van der Waals surface area contributed by atoms with Crippen molar-refractivity contribution in [2.45, 2.75) is 6.92 Å². The van der Waals surface area contributed by atoms with Gasteiger partial charge in [0.2, 0.25) is 0 Å². The van der Waals surface area contributed by atoms with E-state index >= 15 is 0 Å². The number of hydrazone groups is 1. The van der Waals surface area contributed by atoms with E-state index in [2.05, 4.69) is 10.5 Å². The average Bonchev–Trinajstić information content (AvgIpc) is 3.00. The van der Waals surface area contributed by atoms with Crippen LogP contribution in [0, 0.1) is 0 Å². The van der Waals surface area contributed by atoms with Gasteiger partial charge in [0.15, 0.2) is 0 Å². The number of nitrogens with zero attached hydrogens (tertiary/aromatic N) is 1. The fourth-order valence-corrected chi connectivity index (χ4v) is 1.90. The molecule has 1 amide bonds. The molecule has 4 nitrogen and oxygen atoms in total. The minimum Gasteiger partial charge on any atom is -0.465 e. The molecule has 0 aliphatic heterocycles. The van der Waals surface area contributed by atoms with Crippen LogP contribution in [0.15, 0.2) is 51.0 Å². The van der Waals surface area contributed by atoms with E-state index in [1.807, 2.05) is 36.6 Å². The molecule has 2 aromatic rings. The second kappa shape index (κ2) is 5.97. The lowest BCUT2D eigenvalue weighted by Gasteiger charge is -1.95. The molecule has 2 rings (SSSR count). The molecule has 5 heteroatoms. The van der Waals surface area contributed by atoms with Crippen molar-refractivity contribution in [2.24, 2.45) is 5.10 Å². The second-order valence-electron chi connectivity index (χ2n) is 3.58. The number of allylic oxidation sites excluding steroid dienone is 1. The second-order valence-corrected chi connectivity index (χ2v) is 4.53. The van der Waals surface area contributed by atoms with Gasteiger partial charge in [0.25, 0.3) is 5.91 Å². The minimum absolute atomic E-state index is 0.202. The van der Waals surface area contributed by atoms with E-state index in [0.29, 0.717) is 4.88 Å². The molecule has 1 N–H and O–H groups in total. The smallest absolute Gasteiger partial charge is 0.281 e. The number of furan rings is 1. The van der Waals surface area contributed by atoms with Crippen LogP contribution in [0.2, 0.25) is 0 Å². The normalized spacial score (nSPS) is 11.9. The van der Waals surface area contributed by atoms with Crippen LogP contribution >= 0.6 is 11.3 Å². The molecule has 0 saturated carbocycles. The van der Waals surface area contributed by atoms with Crippen molar-refractivity contribution in [3.05, 3.63) is 52.1 Å². The molecule has 92 valence electrons. The first kappa shape index (κ1) is 12.3. The van der Waals surface area contributed by atoms with Gasteiger partial charge in [0, 0.05) is 0 Å². The molecule has 0 aliphatic rings. The highest BCUT2D eigenvalue weighted by atomic mass is 32.1. The van der Waals surface area contributed by atoms with Crippen LogP contribution in [0.3, 0.4) is 0 Å². The maximum Gasteiger partial charge on any atom is 0.281 e. The van der Waals surface area contributed by atoms with Gasteiger partial charge in [-0.05, 0) is 42.2 Å². The van der Waals surface area contributed by atoms with Crippen LogP contribution in [-0.4, -0.2) is 12.1 Å². The molecule has 2 heterocycles. The molecule has 0 bridgehead atoms. The fraction of sp³-hybridized carbons (Fsp3) is 0.0769. The molecular formula is C13H12N2O2S. The Balaban J connectivity index is 1.90.